The summed E-state index contributed by atoms with van der Waals surface area (Å²) in [4.78, 5) is 18.4. The first kappa shape index (κ1) is 15.2. The Morgan fingerprint density at radius 1 is 1.04 bits per heavy atom. The molecular weight excluding hydrogens is 306 g/mol. The molecule has 0 atom stereocenters. The molecule has 0 bridgehead atoms. The quantitative estimate of drug-likeness (QED) is 0.757. The van der Waals surface area contributed by atoms with Gasteiger partial charge in [0.25, 0.3) is 5.91 Å². The number of hydrogen-bond donors (Lipinski definition) is 2. The largest absolute Gasteiger partial charge is 0.384 e. The molecular formula is C18H17N3OS. The van der Waals surface area contributed by atoms with Crippen LogP contribution in [-0.2, 0) is 13.0 Å². The van der Waals surface area contributed by atoms with Gasteiger partial charge in [-0.25, -0.2) is 4.98 Å². The van der Waals surface area contributed by atoms with E-state index in [0.717, 1.165) is 11.3 Å². The van der Waals surface area contributed by atoms with Gasteiger partial charge in [0.1, 0.15) is 5.82 Å². The molecule has 3 rings (SSSR count). The van der Waals surface area contributed by atoms with E-state index in [2.05, 4.69) is 34.6 Å². The van der Waals surface area contributed by atoms with E-state index in [0.29, 0.717) is 17.9 Å². The monoisotopic (exact) mass is 323 g/mol. The molecule has 0 aliphatic heterocycles. The van der Waals surface area contributed by atoms with Crippen LogP contribution in [0, 0.1) is 0 Å². The third-order valence-electron chi connectivity index (χ3n) is 3.41. The summed E-state index contributed by atoms with van der Waals surface area (Å²) < 4.78 is 0. The van der Waals surface area contributed by atoms with Crippen molar-refractivity contribution >= 4 is 23.1 Å². The molecule has 0 radical (unpaired) electrons. The zero-order valence-electron chi connectivity index (χ0n) is 12.5. The maximum atomic E-state index is 12.0. The molecule has 0 fully saturated rings. The average molecular weight is 323 g/mol. The number of carbonyl (C=O) groups is 1. The van der Waals surface area contributed by atoms with Crippen LogP contribution in [0.3, 0.4) is 0 Å². The lowest BCUT2D eigenvalue weighted by atomic mass is 10.1. The van der Waals surface area contributed by atoms with Crippen molar-refractivity contribution in [2.45, 2.75) is 13.0 Å². The number of nitrogens with one attached hydrogen (secondary N) is 1. The number of aromatic nitrogens is 1. The van der Waals surface area contributed by atoms with E-state index in [-0.39, 0.29) is 5.91 Å². The number of nitrogens with two attached hydrogens (primary N) is 1. The number of nitrogens with zero attached hydrogens (tertiary/aromatic N) is 1. The highest BCUT2D eigenvalue weighted by Gasteiger charge is 2.07. The Balaban J connectivity index is 1.57. The Bertz CT molecular complexity index is 782. The number of rotatable bonds is 5. The van der Waals surface area contributed by atoms with Crippen LogP contribution in [0.5, 0.6) is 0 Å². The van der Waals surface area contributed by atoms with E-state index in [4.69, 9.17) is 5.73 Å². The van der Waals surface area contributed by atoms with Gasteiger partial charge in [0.15, 0.2) is 0 Å². The predicted molar refractivity (Wildman–Crippen MR) is 93.4 cm³/mol. The first-order valence-corrected chi connectivity index (χ1v) is 8.13. The first-order chi connectivity index (χ1) is 11.2. The number of nitrogen functional groups attached to an aromatic ring is 1. The van der Waals surface area contributed by atoms with E-state index in [9.17, 15) is 4.79 Å². The Hall–Kier alpha value is -2.66. The summed E-state index contributed by atoms with van der Waals surface area (Å²) in [7, 11) is 0. The van der Waals surface area contributed by atoms with E-state index in [1.807, 2.05) is 18.2 Å². The van der Waals surface area contributed by atoms with Crippen LogP contribution in [0.15, 0.2) is 60.8 Å². The van der Waals surface area contributed by atoms with Crippen molar-refractivity contribution < 1.29 is 4.79 Å². The number of pyridine rings is 1. The molecule has 116 valence electrons. The Kier molecular flexibility index (Phi) is 4.68. The van der Waals surface area contributed by atoms with Gasteiger partial charge < -0.3 is 11.1 Å². The summed E-state index contributed by atoms with van der Waals surface area (Å²) >= 11 is 1.72. The summed E-state index contributed by atoms with van der Waals surface area (Å²) in [5.74, 6) is 0.265. The fraction of sp³-hybridized carbons (Fsp3) is 0.111. The molecule has 2 aromatic heterocycles. The molecule has 0 aliphatic rings. The van der Waals surface area contributed by atoms with Gasteiger partial charge in [-0.15, -0.1) is 11.3 Å². The van der Waals surface area contributed by atoms with Crippen LogP contribution in [0.1, 0.15) is 25.7 Å². The van der Waals surface area contributed by atoms with Gasteiger partial charge in [0.2, 0.25) is 0 Å². The van der Waals surface area contributed by atoms with Crippen molar-refractivity contribution in [2.75, 3.05) is 5.73 Å². The average Bonchev–Trinajstić information content (AvgIpc) is 3.02. The summed E-state index contributed by atoms with van der Waals surface area (Å²) in [6.07, 6.45) is 2.40. The molecule has 3 aromatic rings. The molecule has 0 unspecified atom stereocenters. The molecule has 5 heteroatoms. The lowest BCUT2D eigenvalue weighted by Gasteiger charge is -2.03. The molecule has 0 saturated heterocycles. The van der Waals surface area contributed by atoms with Gasteiger partial charge in [-0.3, -0.25) is 4.79 Å². The molecule has 0 saturated carbocycles. The van der Waals surface area contributed by atoms with E-state index < -0.39 is 0 Å². The van der Waals surface area contributed by atoms with Crippen LogP contribution in [-0.4, -0.2) is 10.9 Å². The topological polar surface area (TPSA) is 68.0 Å². The Morgan fingerprint density at radius 3 is 2.57 bits per heavy atom. The normalized spacial score (nSPS) is 10.4. The smallest absolute Gasteiger partial charge is 0.253 e. The second-order valence-corrected chi connectivity index (χ2v) is 6.44. The lowest BCUT2D eigenvalue weighted by Crippen LogP contribution is -2.22. The SMILES string of the molecule is Nc1ccc(C(=O)NCc2ccc(Cc3ccccc3)s2)cn1. The number of anilines is 1. The molecule has 1 amide bonds. The van der Waals surface area contributed by atoms with Gasteiger partial charge in [0.05, 0.1) is 12.1 Å². The molecule has 3 N–H and O–H groups in total. The second-order valence-electron chi connectivity index (χ2n) is 5.18. The van der Waals surface area contributed by atoms with Crippen molar-refractivity contribution in [3.8, 4) is 0 Å². The van der Waals surface area contributed by atoms with Crippen LogP contribution < -0.4 is 11.1 Å². The minimum atomic E-state index is -0.143. The molecule has 0 spiro atoms. The second kappa shape index (κ2) is 7.07. The Labute approximate surface area is 139 Å². The van der Waals surface area contributed by atoms with Gasteiger partial charge in [-0.05, 0) is 29.8 Å². The number of hydrogen-bond acceptors (Lipinski definition) is 4. The van der Waals surface area contributed by atoms with Gasteiger partial charge in [-0.2, -0.15) is 0 Å². The zero-order chi connectivity index (χ0) is 16.1. The zero-order valence-corrected chi connectivity index (χ0v) is 13.3. The summed E-state index contributed by atoms with van der Waals surface area (Å²) in [5, 5.41) is 2.90. The molecule has 2 heterocycles. The fourth-order valence-corrected chi connectivity index (χ4v) is 3.21. The predicted octanol–water partition coefficient (Wildman–Crippen LogP) is 3.25. The third-order valence-corrected chi connectivity index (χ3v) is 4.50. The van der Waals surface area contributed by atoms with Crippen molar-refractivity contribution in [2.24, 2.45) is 0 Å². The van der Waals surface area contributed by atoms with Crippen LogP contribution in [0.2, 0.25) is 0 Å². The highest BCUT2D eigenvalue weighted by Crippen LogP contribution is 2.20. The van der Waals surface area contributed by atoms with Gasteiger partial charge in [-0.1, -0.05) is 30.3 Å². The highest BCUT2D eigenvalue weighted by atomic mass is 32.1. The molecule has 23 heavy (non-hydrogen) atoms. The summed E-state index contributed by atoms with van der Waals surface area (Å²) in [5.41, 5.74) is 7.32. The standard InChI is InChI=1S/C18H17N3OS/c19-17-9-6-14(11-20-17)18(22)21-12-16-8-7-15(23-16)10-13-4-2-1-3-5-13/h1-9,11H,10,12H2,(H2,19,20)(H,21,22). The number of carbonyl (C=O) groups excluding carboxylic acids is 1. The van der Waals surface area contributed by atoms with Crippen molar-refractivity contribution in [1.29, 1.82) is 0 Å². The summed E-state index contributed by atoms with van der Waals surface area (Å²) in [6, 6.07) is 17.8. The maximum Gasteiger partial charge on any atom is 0.253 e. The van der Waals surface area contributed by atoms with Crippen LogP contribution in [0.4, 0.5) is 5.82 Å². The van der Waals surface area contributed by atoms with Crippen molar-refractivity contribution in [3.63, 3.8) is 0 Å². The Morgan fingerprint density at radius 2 is 1.83 bits per heavy atom. The van der Waals surface area contributed by atoms with Crippen LogP contribution >= 0.6 is 11.3 Å². The minimum absolute atomic E-state index is 0.143. The third kappa shape index (κ3) is 4.17. The van der Waals surface area contributed by atoms with E-state index >= 15 is 0 Å². The van der Waals surface area contributed by atoms with Crippen molar-refractivity contribution in [3.05, 3.63) is 81.7 Å². The number of thiophene rings is 1. The number of amides is 1. The first-order valence-electron chi connectivity index (χ1n) is 7.32. The van der Waals surface area contributed by atoms with Crippen molar-refractivity contribution in [1.82, 2.24) is 10.3 Å². The van der Waals surface area contributed by atoms with Crippen LogP contribution in [0.25, 0.3) is 0 Å². The molecule has 4 nitrogen and oxygen atoms in total. The van der Waals surface area contributed by atoms with E-state index in [1.165, 1.54) is 16.6 Å². The van der Waals surface area contributed by atoms with Gasteiger partial charge in [0, 0.05) is 22.4 Å². The molecule has 0 aliphatic carbocycles. The minimum Gasteiger partial charge on any atom is -0.384 e. The fourth-order valence-electron chi connectivity index (χ4n) is 2.22. The van der Waals surface area contributed by atoms with Gasteiger partial charge >= 0.3 is 0 Å². The maximum absolute atomic E-state index is 12.0. The molecule has 1 aromatic carbocycles. The summed E-state index contributed by atoms with van der Waals surface area (Å²) in [6.45, 7) is 0.517. The lowest BCUT2D eigenvalue weighted by molar-refractivity contribution is 0.0951. The number of benzene rings is 1. The van der Waals surface area contributed by atoms with E-state index in [1.54, 1.807) is 23.5 Å². The highest BCUT2D eigenvalue weighted by molar-refractivity contribution is 7.12.